The van der Waals surface area contributed by atoms with E-state index in [1.54, 1.807) is 12.4 Å². The van der Waals surface area contributed by atoms with Crippen molar-refractivity contribution in [3.63, 3.8) is 0 Å². The summed E-state index contributed by atoms with van der Waals surface area (Å²) in [6, 6.07) is 2.31. The predicted octanol–water partition coefficient (Wildman–Crippen LogP) is 1.80. The molecule has 0 atom stereocenters. The Bertz CT molecular complexity index is 363. The minimum atomic E-state index is -0.146. The topological polar surface area (TPSA) is 61.6 Å². The Labute approximate surface area is 95.9 Å². The first kappa shape index (κ1) is 9.65. The smallest absolute Gasteiger partial charge is 0.222 e. The Morgan fingerprint density at radius 1 is 1.50 bits per heavy atom. The molecular weight excluding hydrogens is 291 g/mol. The van der Waals surface area contributed by atoms with Gasteiger partial charge in [0, 0.05) is 22.5 Å². The molecule has 72 valence electrons. The quantitative estimate of drug-likeness (QED) is 0.865. The van der Waals surface area contributed by atoms with Gasteiger partial charge < -0.3 is 5.32 Å². The molecule has 1 aliphatic rings. The van der Waals surface area contributed by atoms with Crippen LogP contribution in [0.5, 0.6) is 0 Å². The number of nitrogens with one attached hydrogen (secondary N) is 1. The van der Waals surface area contributed by atoms with Crippen LogP contribution in [0.1, 0.15) is 12.8 Å². The van der Waals surface area contributed by atoms with E-state index in [1.165, 1.54) is 0 Å². The van der Waals surface area contributed by atoms with Crippen molar-refractivity contribution < 1.29 is 0 Å². The third-order valence-electron chi connectivity index (χ3n) is 2.30. The zero-order valence-electron chi connectivity index (χ0n) is 7.50. The second-order valence-corrected chi connectivity index (χ2v) is 4.72. The fraction of sp³-hybridized carbons (Fsp3) is 0.444. The largest absolute Gasteiger partial charge is 0.353 e. The highest BCUT2D eigenvalue weighted by Gasteiger charge is 2.42. The van der Waals surface area contributed by atoms with Gasteiger partial charge >= 0.3 is 0 Å². The monoisotopic (exact) mass is 300 g/mol. The molecule has 0 spiro atoms. The van der Waals surface area contributed by atoms with E-state index < -0.39 is 0 Å². The van der Waals surface area contributed by atoms with Gasteiger partial charge in [0.15, 0.2) is 0 Å². The molecule has 1 N–H and O–H groups in total. The molecule has 0 saturated heterocycles. The lowest BCUT2D eigenvalue weighted by Gasteiger charge is -2.06. The van der Waals surface area contributed by atoms with Crippen molar-refractivity contribution in [2.45, 2.75) is 12.8 Å². The molecule has 0 aliphatic heterocycles. The van der Waals surface area contributed by atoms with Crippen LogP contribution < -0.4 is 5.32 Å². The van der Waals surface area contributed by atoms with E-state index in [0.29, 0.717) is 12.5 Å². The van der Waals surface area contributed by atoms with Crippen LogP contribution >= 0.6 is 22.6 Å². The Hall–Kier alpha value is -0.900. The Kier molecular flexibility index (Phi) is 2.54. The highest BCUT2D eigenvalue weighted by molar-refractivity contribution is 14.1. The van der Waals surface area contributed by atoms with Crippen molar-refractivity contribution in [3.05, 3.63) is 16.0 Å². The van der Waals surface area contributed by atoms with Gasteiger partial charge in [-0.15, -0.1) is 0 Å². The van der Waals surface area contributed by atoms with Crippen molar-refractivity contribution in [2.24, 2.45) is 5.41 Å². The van der Waals surface area contributed by atoms with Crippen molar-refractivity contribution in [3.8, 4) is 6.07 Å². The van der Waals surface area contributed by atoms with Gasteiger partial charge in [0.1, 0.15) is 0 Å². The highest BCUT2D eigenvalue weighted by Crippen LogP contribution is 2.44. The number of anilines is 1. The summed E-state index contributed by atoms with van der Waals surface area (Å²) in [6.07, 6.45) is 5.48. The van der Waals surface area contributed by atoms with Crippen molar-refractivity contribution in [2.75, 3.05) is 11.9 Å². The molecule has 5 heteroatoms. The molecule has 0 unspecified atom stereocenters. The van der Waals surface area contributed by atoms with Gasteiger partial charge in [0.05, 0.1) is 11.5 Å². The standard InChI is InChI=1S/C9H9IN4/c10-7-3-12-8(13-4-7)14-6-9(5-11)1-2-9/h3-4H,1-2,6H2,(H,12,13,14). The number of nitriles is 1. The Morgan fingerprint density at radius 3 is 2.64 bits per heavy atom. The highest BCUT2D eigenvalue weighted by atomic mass is 127. The molecule has 2 rings (SSSR count). The first-order valence-electron chi connectivity index (χ1n) is 4.37. The minimum absolute atomic E-state index is 0.146. The third-order valence-corrected chi connectivity index (χ3v) is 2.85. The maximum Gasteiger partial charge on any atom is 0.222 e. The second kappa shape index (κ2) is 3.69. The van der Waals surface area contributed by atoms with E-state index in [9.17, 15) is 0 Å². The average Bonchev–Trinajstić information content (AvgIpc) is 2.98. The van der Waals surface area contributed by atoms with E-state index in [4.69, 9.17) is 5.26 Å². The molecule has 1 fully saturated rings. The summed E-state index contributed by atoms with van der Waals surface area (Å²) in [7, 11) is 0. The number of rotatable bonds is 3. The second-order valence-electron chi connectivity index (χ2n) is 3.47. The first-order chi connectivity index (χ1) is 6.74. The van der Waals surface area contributed by atoms with Gasteiger partial charge in [0.2, 0.25) is 5.95 Å². The molecule has 0 bridgehead atoms. The van der Waals surface area contributed by atoms with Gasteiger partial charge in [-0.3, -0.25) is 0 Å². The van der Waals surface area contributed by atoms with Crippen LogP contribution in [-0.4, -0.2) is 16.5 Å². The Morgan fingerprint density at radius 2 is 2.14 bits per heavy atom. The third kappa shape index (κ3) is 2.12. The number of hydrogen-bond acceptors (Lipinski definition) is 4. The lowest BCUT2D eigenvalue weighted by molar-refractivity contribution is 0.706. The molecule has 14 heavy (non-hydrogen) atoms. The summed E-state index contributed by atoms with van der Waals surface area (Å²) in [5, 5.41) is 11.9. The summed E-state index contributed by atoms with van der Waals surface area (Å²) < 4.78 is 1.01. The van der Waals surface area contributed by atoms with Gasteiger partial charge in [-0.05, 0) is 35.4 Å². The van der Waals surface area contributed by atoms with E-state index >= 15 is 0 Å². The summed E-state index contributed by atoms with van der Waals surface area (Å²) >= 11 is 2.16. The molecule has 1 aromatic rings. The average molecular weight is 300 g/mol. The fourth-order valence-electron chi connectivity index (χ4n) is 1.13. The maximum atomic E-state index is 8.85. The zero-order valence-corrected chi connectivity index (χ0v) is 9.65. The van der Waals surface area contributed by atoms with Crippen LogP contribution in [0.25, 0.3) is 0 Å². The molecule has 1 aromatic heterocycles. The van der Waals surface area contributed by atoms with Crippen LogP contribution in [0.15, 0.2) is 12.4 Å². The van der Waals surface area contributed by atoms with Crippen LogP contribution in [0.4, 0.5) is 5.95 Å². The number of aromatic nitrogens is 2. The molecule has 0 radical (unpaired) electrons. The van der Waals surface area contributed by atoms with Crippen molar-refractivity contribution in [1.82, 2.24) is 9.97 Å². The zero-order chi connectivity index (χ0) is 10.0. The molecule has 0 aromatic carbocycles. The van der Waals surface area contributed by atoms with Gasteiger partial charge in [0.25, 0.3) is 0 Å². The molecule has 0 amide bonds. The van der Waals surface area contributed by atoms with Crippen LogP contribution in [0.3, 0.4) is 0 Å². The van der Waals surface area contributed by atoms with E-state index in [-0.39, 0.29) is 5.41 Å². The van der Waals surface area contributed by atoms with E-state index in [2.05, 4.69) is 43.9 Å². The van der Waals surface area contributed by atoms with Crippen LogP contribution in [0.2, 0.25) is 0 Å². The predicted molar refractivity (Wildman–Crippen MR) is 60.5 cm³/mol. The molecular formula is C9H9IN4. The number of halogens is 1. The lowest BCUT2D eigenvalue weighted by Crippen LogP contribution is -2.14. The van der Waals surface area contributed by atoms with E-state index in [1.807, 2.05) is 0 Å². The summed E-state index contributed by atoms with van der Waals surface area (Å²) in [5.74, 6) is 0.604. The van der Waals surface area contributed by atoms with Crippen LogP contribution in [0, 0.1) is 20.3 Å². The number of nitrogens with zero attached hydrogens (tertiary/aromatic N) is 3. The Balaban J connectivity index is 1.93. The normalized spacial score (nSPS) is 17.1. The van der Waals surface area contributed by atoms with Gasteiger partial charge in [-0.2, -0.15) is 5.26 Å². The van der Waals surface area contributed by atoms with E-state index in [0.717, 1.165) is 16.4 Å². The molecule has 4 nitrogen and oxygen atoms in total. The minimum Gasteiger partial charge on any atom is -0.353 e. The SMILES string of the molecule is N#CC1(CNc2ncc(I)cn2)CC1. The summed E-state index contributed by atoms with van der Waals surface area (Å²) in [4.78, 5) is 8.21. The molecule has 1 aliphatic carbocycles. The fourth-order valence-corrected chi connectivity index (χ4v) is 1.41. The van der Waals surface area contributed by atoms with Gasteiger partial charge in [-0.1, -0.05) is 0 Å². The number of hydrogen-bond donors (Lipinski definition) is 1. The summed E-state index contributed by atoms with van der Waals surface area (Å²) in [6.45, 7) is 0.657. The van der Waals surface area contributed by atoms with Gasteiger partial charge in [-0.25, -0.2) is 9.97 Å². The van der Waals surface area contributed by atoms with Crippen molar-refractivity contribution >= 4 is 28.5 Å². The molecule has 1 heterocycles. The van der Waals surface area contributed by atoms with Crippen LogP contribution in [-0.2, 0) is 0 Å². The lowest BCUT2D eigenvalue weighted by atomic mass is 10.1. The van der Waals surface area contributed by atoms with Crippen molar-refractivity contribution in [1.29, 1.82) is 5.26 Å². The first-order valence-corrected chi connectivity index (χ1v) is 5.45. The maximum absolute atomic E-state index is 8.85. The molecule has 1 saturated carbocycles. The summed E-state index contributed by atoms with van der Waals surface area (Å²) in [5.41, 5.74) is -0.146.